The third-order valence-corrected chi connectivity index (χ3v) is 5.97. The molecule has 5 nitrogen and oxygen atoms in total. The lowest BCUT2D eigenvalue weighted by Gasteiger charge is -2.30. The quantitative estimate of drug-likeness (QED) is 0.429. The Kier molecular flexibility index (Phi) is 6.23. The molecule has 30 heavy (non-hydrogen) atoms. The van der Waals surface area contributed by atoms with E-state index in [9.17, 15) is 4.79 Å². The van der Waals surface area contributed by atoms with E-state index in [0.717, 1.165) is 28.6 Å². The number of hydrazine groups is 1. The van der Waals surface area contributed by atoms with Gasteiger partial charge in [0.15, 0.2) is 5.11 Å². The van der Waals surface area contributed by atoms with Crippen LogP contribution in [0.4, 0.5) is 0 Å². The number of rotatable bonds is 3. The van der Waals surface area contributed by atoms with E-state index in [1.807, 2.05) is 60.7 Å². The Morgan fingerprint density at radius 2 is 1.73 bits per heavy atom. The number of aromatic nitrogens is 1. The first-order valence-electron chi connectivity index (χ1n) is 10.4. The van der Waals surface area contributed by atoms with Gasteiger partial charge in [-0.15, -0.1) is 0 Å². The molecule has 1 aliphatic rings. The van der Waals surface area contributed by atoms with Crippen LogP contribution >= 0.6 is 12.2 Å². The highest BCUT2D eigenvalue weighted by Gasteiger charge is 2.22. The minimum absolute atomic E-state index is 0.244. The Balaban J connectivity index is 1.51. The summed E-state index contributed by atoms with van der Waals surface area (Å²) in [6.07, 6.45) is 4.79. The molecule has 0 unspecified atom stereocenters. The normalized spacial score (nSPS) is 18.6. The maximum Gasteiger partial charge on any atom is 0.270 e. The molecule has 0 radical (unpaired) electrons. The van der Waals surface area contributed by atoms with Crippen molar-refractivity contribution in [1.82, 2.24) is 21.2 Å². The standard InChI is InChI=1S/C24H26N4OS/c1-16-9-5-7-13-20(16)26-24(30)28-27-23(29)19-15-22(17-10-3-2-4-11-17)25-21-14-8-6-12-18(19)21/h2-4,6,8,10-12,14-16,20H,5,7,9,13H2,1H3,(H,27,29)(H2,26,28,30)/t16-,20-/m0/s1. The molecule has 1 aromatic heterocycles. The molecule has 6 heteroatoms. The van der Waals surface area contributed by atoms with Gasteiger partial charge in [-0.2, -0.15) is 0 Å². The van der Waals surface area contributed by atoms with Crippen molar-refractivity contribution < 1.29 is 4.79 Å². The molecule has 0 aliphatic heterocycles. The predicted octanol–water partition coefficient (Wildman–Crippen LogP) is 4.59. The first-order valence-corrected chi connectivity index (χ1v) is 10.8. The van der Waals surface area contributed by atoms with Crippen LogP contribution in [0.25, 0.3) is 22.2 Å². The zero-order valence-corrected chi connectivity index (χ0v) is 17.8. The number of nitrogens with zero attached hydrogens (tertiary/aromatic N) is 1. The first kappa shape index (κ1) is 20.3. The van der Waals surface area contributed by atoms with E-state index in [1.165, 1.54) is 19.3 Å². The van der Waals surface area contributed by atoms with Crippen LogP contribution in [0.15, 0.2) is 60.7 Å². The lowest BCUT2D eigenvalue weighted by molar-refractivity contribution is 0.0945. The van der Waals surface area contributed by atoms with Crippen molar-refractivity contribution in [2.24, 2.45) is 5.92 Å². The van der Waals surface area contributed by atoms with Gasteiger partial charge in [-0.05, 0) is 43.1 Å². The molecule has 0 saturated heterocycles. The topological polar surface area (TPSA) is 66.0 Å². The van der Waals surface area contributed by atoms with E-state index < -0.39 is 0 Å². The molecule has 1 aliphatic carbocycles. The number of pyridine rings is 1. The average molecular weight is 419 g/mol. The molecule has 4 rings (SSSR count). The van der Waals surface area contributed by atoms with E-state index in [-0.39, 0.29) is 5.91 Å². The average Bonchev–Trinajstić information content (AvgIpc) is 2.79. The smallest absolute Gasteiger partial charge is 0.270 e. The van der Waals surface area contributed by atoms with Gasteiger partial charge in [0.05, 0.1) is 16.8 Å². The molecule has 1 fully saturated rings. The van der Waals surface area contributed by atoms with Gasteiger partial charge in [0.1, 0.15) is 0 Å². The van der Waals surface area contributed by atoms with Crippen LogP contribution in [0.5, 0.6) is 0 Å². The van der Waals surface area contributed by atoms with Crippen molar-refractivity contribution in [1.29, 1.82) is 0 Å². The zero-order chi connectivity index (χ0) is 20.9. The summed E-state index contributed by atoms with van der Waals surface area (Å²) in [5.41, 5.74) is 8.69. The maximum atomic E-state index is 13.0. The van der Waals surface area contributed by atoms with Crippen molar-refractivity contribution in [3.8, 4) is 11.3 Å². The Morgan fingerprint density at radius 3 is 2.53 bits per heavy atom. The molecule has 1 saturated carbocycles. The van der Waals surface area contributed by atoms with Gasteiger partial charge in [-0.1, -0.05) is 68.3 Å². The van der Waals surface area contributed by atoms with E-state index in [0.29, 0.717) is 22.6 Å². The highest BCUT2D eigenvalue weighted by atomic mass is 32.1. The number of hydrogen-bond acceptors (Lipinski definition) is 3. The fourth-order valence-electron chi connectivity index (χ4n) is 4.04. The van der Waals surface area contributed by atoms with Gasteiger partial charge in [0.2, 0.25) is 0 Å². The summed E-state index contributed by atoms with van der Waals surface area (Å²) in [6, 6.07) is 19.7. The number of carbonyl (C=O) groups is 1. The molecule has 2 aromatic carbocycles. The number of nitrogens with one attached hydrogen (secondary N) is 3. The molecule has 0 bridgehead atoms. The Morgan fingerprint density at radius 1 is 1.00 bits per heavy atom. The number of para-hydroxylation sites is 1. The van der Waals surface area contributed by atoms with Crippen LogP contribution in [0.3, 0.4) is 0 Å². The fourth-order valence-corrected chi connectivity index (χ4v) is 4.24. The van der Waals surface area contributed by atoms with Crippen LogP contribution in [-0.4, -0.2) is 22.0 Å². The molecular weight excluding hydrogens is 392 g/mol. The van der Waals surface area contributed by atoms with E-state index in [2.05, 4.69) is 23.1 Å². The number of amides is 1. The minimum Gasteiger partial charge on any atom is -0.358 e. The summed E-state index contributed by atoms with van der Waals surface area (Å²) in [7, 11) is 0. The molecule has 1 amide bonds. The van der Waals surface area contributed by atoms with Crippen molar-refractivity contribution in [3.05, 3.63) is 66.2 Å². The zero-order valence-electron chi connectivity index (χ0n) is 17.0. The van der Waals surface area contributed by atoms with Crippen LogP contribution in [0, 0.1) is 5.92 Å². The van der Waals surface area contributed by atoms with Crippen LogP contribution in [0.2, 0.25) is 0 Å². The van der Waals surface area contributed by atoms with Crippen LogP contribution in [0.1, 0.15) is 43.0 Å². The number of thiocarbonyl (C=S) groups is 1. The summed E-state index contributed by atoms with van der Waals surface area (Å²) in [6.45, 7) is 2.24. The predicted molar refractivity (Wildman–Crippen MR) is 125 cm³/mol. The number of hydrogen-bond donors (Lipinski definition) is 3. The van der Waals surface area contributed by atoms with Crippen LogP contribution < -0.4 is 16.2 Å². The monoisotopic (exact) mass is 418 g/mol. The van der Waals surface area contributed by atoms with Crippen molar-refractivity contribution >= 4 is 34.1 Å². The van der Waals surface area contributed by atoms with Crippen LogP contribution in [-0.2, 0) is 0 Å². The Bertz CT molecular complexity index is 1050. The van der Waals surface area contributed by atoms with Gasteiger partial charge >= 0.3 is 0 Å². The van der Waals surface area contributed by atoms with E-state index in [1.54, 1.807) is 0 Å². The molecule has 3 N–H and O–H groups in total. The van der Waals surface area contributed by atoms with Gasteiger partial charge < -0.3 is 5.32 Å². The third kappa shape index (κ3) is 4.60. The summed E-state index contributed by atoms with van der Waals surface area (Å²) < 4.78 is 0. The van der Waals surface area contributed by atoms with Gasteiger partial charge in [0, 0.05) is 17.0 Å². The summed E-state index contributed by atoms with van der Waals surface area (Å²) in [5.74, 6) is 0.332. The second-order valence-electron chi connectivity index (χ2n) is 7.86. The Labute approximate surface area is 182 Å². The van der Waals surface area contributed by atoms with Crippen molar-refractivity contribution in [3.63, 3.8) is 0 Å². The third-order valence-electron chi connectivity index (χ3n) is 5.75. The van der Waals surface area contributed by atoms with Crippen molar-refractivity contribution in [2.75, 3.05) is 0 Å². The lowest BCUT2D eigenvalue weighted by atomic mass is 9.86. The van der Waals surface area contributed by atoms with Crippen molar-refractivity contribution in [2.45, 2.75) is 38.6 Å². The number of carbonyl (C=O) groups excluding carboxylic acids is 1. The SMILES string of the molecule is C[C@H]1CCCC[C@@H]1NC(=S)NNC(=O)c1cc(-c2ccccc2)nc2ccccc12. The molecule has 1 heterocycles. The molecular formula is C24H26N4OS. The second-order valence-corrected chi connectivity index (χ2v) is 8.27. The largest absolute Gasteiger partial charge is 0.358 e. The lowest BCUT2D eigenvalue weighted by Crippen LogP contribution is -2.51. The van der Waals surface area contributed by atoms with Gasteiger partial charge in [0.25, 0.3) is 5.91 Å². The second kappa shape index (κ2) is 9.22. The fraction of sp³-hybridized carbons (Fsp3) is 0.292. The Hall–Kier alpha value is -2.99. The summed E-state index contributed by atoms with van der Waals surface area (Å²) >= 11 is 5.41. The molecule has 0 spiro atoms. The van der Waals surface area contributed by atoms with E-state index in [4.69, 9.17) is 17.2 Å². The minimum atomic E-state index is -0.244. The molecule has 3 aromatic rings. The number of fused-ring (bicyclic) bond motifs is 1. The molecule has 2 atom stereocenters. The molecule has 154 valence electrons. The van der Waals surface area contributed by atoms with Gasteiger partial charge in [-0.3, -0.25) is 15.6 Å². The first-order chi connectivity index (χ1) is 14.6. The summed E-state index contributed by atoms with van der Waals surface area (Å²) in [5, 5.41) is 4.59. The maximum absolute atomic E-state index is 13.0. The highest BCUT2D eigenvalue weighted by Crippen LogP contribution is 2.25. The summed E-state index contributed by atoms with van der Waals surface area (Å²) in [4.78, 5) is 17.7. The number of benzene rings is 2. The van der Waals surface area contributed by atoms with Gasteiger partial charge in [-0.25, -0.2) is 4.98 Å². The van der Waals surface area contributed by atoms with E-state index >= 15 is 0 Å². The highest BCUT2D eigenvalue weighted by molar-refractivity contribution is 7.80.